The van der Waals surface area contributed by atoms with Gasteiger partial charge >= 0.3 is 0 Å². The lowest BCUT2D eigenvalue weighted by Gasteiger charge is -2.26. The van der Waals surface area contributed by atoms with E-state index < -0.39 is 0 Å². The van der Waals surface area contributed by atoms with E-state index in [4.69, 9.17) is 9.47 Å². The molecule has 0 saturated heterocycles. The quantitative estimate of drug-likeness (QED) is 0.616. The fourth-order valence-corrected chi connectivity index (χ4v) is 2.91. The van der Waals surface area contributed by atoms with Gasteiger partial charge in [-0.05, 0) is 30.1 Å². The molecule has 1 saturated carbocycles. The van der Waals surface area contributed by atoms with Gasteiger partial charge < -0.3 is 9.47 Å². The van der Waals surface area contributed by atoms with Gasteiger partial charge in [-0.2, -0.15) is 0 Å². The van der Waals surface area contributed by atoms with E-state index in [1.54, 1.807) is 14.2 Å². The Labute approximate surface area is 79.9 Å². The van der Waals surface area contributed by atoms with Crippen LogP contribution < -0.4 is 0 Å². The molecule has 0 aromatic carbocycles. The average Bonchev–Trinajstić information content (AvgIpc) is 2.69. The molecule has 2 nitrogen and oxygen atoms in total. The largest absolute Gasteiger partial charge is 0.384 e. The number of hydrogen-bond donors (Lipinski definition) is 0. The van der Waals surface area contributed by atoms with Crippen molar-refractivity contribution >= 4 is 0 Å². The van der Waals surface area contributed by atoms with E-state index in [1.165, 1.54) is 6.42 Å². The first kappa shape index (κ1) is 9.22. The molecule has 0 amide bonds. The molecule has 4 atom stereocenters. The van der Waals surface area contributed by atoms with Crippen LogP contribution in [0.4, 0.5) is 0 Å². The van der Waals surface area contributed by atoms with E-state index in [-0.39, 0.29) is 0 Å². The van der Waals surface area contributed by atoms with E-state index in [2.05, 4.69) is 12.2 Å². The maximum atomic E-state index is 5.27. The van der Waals surface area contributed by atoms with Crippen molar-refractivity contribution in [2.45, 2.75) is 6.42 Å². The maximum absolute atomic E-state index is 5.27. The number of methoxy groups -OCH3 is 2. The van der Waals surface area contributed by atoms with Crippen molar-refractivity contribution in [3.63, 3.8) is 0 Å². The van der Waals surface area contributed by atoms with Crippen LogP contribution in [0.5, 0.6) is 0 Å². The van der Waals surface area contributed by atoms with Crippen molar-refractivity contribution in [1.29, 1.82) is 0 Å². The third-order valence-corrected chi connectivity index (χ3v) is 3.52. The minimum atomic E-state index is 0.694. The van der Waals surface area contributed by atoms with E-state index in [0.717, 1.165) is 25.0 Å². The second-order valence-electron chi connectivity index (χ2n) is 4.19. The van der Waals surface area contributed by atoms with Crippen LogP contribution in [-0.2, 0) is 9.47 Å². The lowest BCUT2D eigenvalue weighted by atomic mass is 9.84. The van der Waals surface area contributed by atoms with Crippen LogP contribution in [0.25, 0.3) is 0 Å². The zero-order valence-electron chi connectivity index (χ0n) is 8.40. The molecule has 2 aliphatic rings. The Morgan fingerprint density at radius 2 is 1.46 bits per heavy atom. The van der Waals surface area contributed by atoms with E-state index in [9.17, 15) is 0 Å². The van der Waals surface area contributed by atoms with Crippen LogP contribution in [0.2, 0.25) is 0 Å². The van der Waals surface area contributed by atoms with Gasteiger partial charge in [0.25, 0.3) is 0 Å². The summed E-state index contributed by atoms with van der Waals surface area (Å²) in [5.41, 5.74) is 0. The Morgan fingerprint density at radius 1 is 1.00 bits per heavy atom. The molecular formula is C11H18O2. The van der Waals surface area contributed by atoms with Gasteiger partial charge in [-0.25, -0.2) is 0 Å². The molecule has 2 aliphatic carbocycles. The molecule has 4 unspecified atom stereocenters. The Morgan fingerprint density at radius 3 is 1.85 bits per heavy atom. The monoisotopic (exact) mass is 182 g/mol. The van der Waals surface area contributed by atoms with Gasteiger partial charge in [0.05, 0.1) is 0 Å². The summed E-state index contributed by atoms with van der Waals surface area (Å²) < 4.78 is 10.5. The minimum Gasteiger partial charge on any atom is -0.384 e. The fourth-order valence-electron chi connectivity index (χ4n) is 2.91. The molecule has 2 rings (SSSR count). The SMILES string of the molecule is COCC1C2C=CC(C2)C1COC. The van der Waals surface area contributed by atoms with Gasteiger partial charge in [-0.1, -0.05) is 12.2 Å². The molecule has 74 valence electrons. The normalized spacial score (nSPS) is 41.7. The molecule has 1 fully saturated rings. The number of fused-ring (bicyclic) bond motifs is 2. The molecule has 2 bridgehead atoms. The molecule has 0 aromatic rings. The van der Waals surface area contributed by atoms with Gasteiger partial charge in [0.2, 0.25) is 0 Å². The first-order valence-corrected chi connectivity index (χ1v) is 5.03. The number of allylic oxidation sites excluding steroid dienone is 2. The molecule has 0 aliphatic heterocycles. The van der Waals surface area contributed by atoms with Gasteiger partial charge in [0.15, 0.2) is 0 Å². The van der Waals surface area contributed by atoms with Crippen molar-refractivity contribution in [2.24, 2.45) is 23.7 Å². The van der Waals surface area contributed by atoms with Crippen LogP contribution in [-0.4, -0.2) is 27.4 Å². The highest BCUT2D eigenvalue weighted by molar-refractivity contribution is 5.13. The second kappa shape index (κ2) is 3.81. The summed E-state index contributed by atoms with van der Waals surface area (Å²) in [5, 5.41) is 0. The summed E-state index contributed by atoms with van der Waals surface area (Å²) in [5.74, 6) is 2.90. The second-order valence-corrected chi connectivity index (χ2v) is 4.19. The number of hydrogen-bond acceptors (Lipinski definition) is 2. The smallest absolute Gasteiger partial charge is 0.0499 e. The highest BCUT2D eigenvalue weighted by Crippen LogP contribution is 2.47. The van der Waals surface area contributed by atoms with Crippen LogP contribution in [0.1, 0.15) is 6.42 Å². The zero-order chi connectivity index (χ0) is 9.26. The van der Waals surface area contributed by atoms with Crippen molar-refractivity contribution in [2.75, 3.05) is 27.4 Å². The first-order valence-electron chi connectivity index (χ1n) is 5.03. The highest BCUT2D eigenvalue weighted by atomic mass is 16.5. The van der Waals surface area contributed by atoms with Crippen molar-refractivity contribution in [1.82, 2.24) is 0 Å². The van der Waals surface area contributed by atoms with Gasteiger partial charge in [-0.3, -0.25) is 0 Å². The first-order chi connectivity index (χ1) is 6.36. The molecule has 0 spiro atoms. The lowest BCUT2D eigenvalue weighted by Crippen LogP contribution is -2.27. The van der Waals surface area contributed by atoms with E-state index in [0.29, 0.717) is 11.8 Å². The summed E-state index contributed by atoms with van der Waals surface area (Å²) in [4.78, 5) is 0. The van der Waals surface area contributed by atoms with Gasteiger partial charge in [-0.15, -0.1) is 0 Å². The van der Waals surface area contributed by atoms with Crippen LogP contribution >= 0.6 is 0 Å². The van der Waals surface area contributed by atoms with Crippen LogP contribution in [0.15, 0.2) is 12.2 Å². The van der Waals surface area contributed by atoms with Crippen LogP contribution in [0, 0.1) is 23.7 Å². The van der Waals surface area contributed by atoms with Crippen molar-refractivity contribution in [3.8, 4) is 0 Å². The van der Waals surface area contributed by atoms with E-state index in [1.807, 2.05) is 0 Å². The summed E-state index contributed by atoms with van der Waals surface area (Å²) in [6, 6.07) is 0. The van der Waals surface area contributed by atoms with Gasteiger partial charge in [0, 0.05) is 27.4 Å². The Kier molecular flexibility index (Phi) is 2.70. The topological polar surface area (TPSA) is 18.5 Å². The summed E-state index contributed by atoms with van der Waals surface area (Å²) in [6.07, 6.45) is 6.04. The van der Waals surface area contributed by atoms with Crippen LogP contribution in [0.3, 0.4) is 0 Å². The molecule has 0 heterocycles. The Balaban J connectivity index is 2.02. The predicted octanol–water partition coefficient (Wildman–Crippen LogP) is 1.72. The predicted molar refractivity (Wildman–Crippen MR) is 51.5 cm³/mol. The number of rotatable bonds is 4. The Bertz CT molecular complexity index is 180. The van der Waals surface area contributed by atoms with Crippen molar-refractivity contribution in [3.05, 3.63) is 12.2 Å². The minimum absolute atomic E-state index is 0.694. The molecular weight excluding hydrogens is 164 g/mol. The summed E-state index contributed by atoms with van der Waals surface area (Å²) in [7, 11) is 3.58. The maximum Gasteiger partial charge on any atom is 0.0499 e. The van der Waals surface area contributed by atoms with Gasteiger partial charge in [0.1, 0.15) is 0 Å². The van der Waals surface area contributed by atoms with Crippen molar-refractivity contribution < 1.29 is 9.47 Å². The van der Waals surface area contributed by atoms with E-state index >= 15 is 0 Å². The third kappa shape index (κ3) is 1.53. The average molecular weight is 182 g/mol. The zero-order valence-corrected chi connectivity index (χ0v) is 8.40. The number of ether oxygens (including phenoxy) is 2. The summed E-state index contributed by atoms with van der Waals surface area (Å²) >= 11 is 0. The molecule has 2 heteroatoms. The molecule has 0 aromatic heterocycles. The molecule has 0 radical (unpaired) electrons. The highest BCUT2D eigenvalue weighted by Gasteiger charge is 2.43. The summed E-state index contributed by atoms with van der Waals surface area (Å²) in [6.45, 7) is 1.78. The fraction of sp³-hybridized carbons (Fsp3) is 0.818. The Hall–Kier alpha value is -0.340. The standard InChI is InChI=1S/C11H18O2/c1-12-6-10-8-3-4-9(5-8)11(10)7-13-2/h3-4,8-11H,5-7H2,1-2H3. The lowest BCUT2D eigenvalue weighted by molar-refractivity contribution is 0.0647. The molecule has 13 heavy (non-hydrogen) atoms. The molecule has 0 N–H and O–H groups in total. The third-order valence-electron chi connectivity index (χ3n) is 3.52.